The summed E-state index contributed by atoms with van der Waals surface area (Å²) in [6, 6.07) is -0.811. The van der Waals surface area contributed by atoms with Gasteiger partial charge in [-0.15, -0.1) is 0 Å². The third-order valence-corrected chi connectivity index (χ3v) is 4.98. The molecular formula is C12H17N6O7P. The molecule has 0 radical (unpaired) electrons. The lowest BCUT2D eigenvalue weighted by atomic mass is 10.1. The Balaban J connectivity index is 2.21. The number of hydrogen-bond acceptors (Lipinski definition) is 7. The number of carbonyl (C=O) groups is 1. The lowest BCUT2D eigenvalue weighted by Crippen LogP contribution is -2.33. The number of carbonyl (C=O) groups excluding carboxylic acids is 1. The molecule has 3 N–H and O–H groups in total. The highest BCUT2D eigenvalue weighted by molar-refractivity contribution is 7.70. The first kappa shape index (κ1) is 19.9. The molecular weight excluding hydrogens is 371 g/mol. The van der Waals surface area contributed by atoms with Crippen molar-refractivity contribution in [1.82, 2.24) is 14.9 Å². The second-order valence-corrected chi connectivity index (χ2v) is 7.19. The fourth-order valence-corrected chi connectivity index (χ4v) is 3.15. The minimum absolute atomic E-state index is 0.0686. The molecule has 1 aromatic heterocycles. The molecule has 2 unspecified atom stereocenters. The fraction of sp³-hybridized carbons (Fsp3) is 0.583. The first-order valence-electron chi connectivity index (χ1n) is 7.41. The molecule has 0 saturated carbocycles. The molecule has 1 amide bonds. The molecule has 0 aromatic carbocycles. The number of aryl methyl sites for hydroxylation is 1. The largest absolute Gasteiger partial charge is 0.415 e. The van der Waals surface area contributed by atoms with Crippen molar-refractivity contribution in [1.29, 1.82) is 0 Å². The molecule has 13 nitrogen and oxygen atoms in total. The van der Waals surface area contributed by atoms with E-state index >= 15 is 0 Å². The van der Waals surface area contributed by atoms with Gasteiger partial charge < -0.3 is 14.9 Å². The Bertz CT molecular complexity index is 904. The van der Waals surface area contributed by atoms with Crippen molar-refractivity contribution in [3.8, 4) is 0 Å². The van der Waals surface area contributed by atoms with Crippen LogP contribution < -0.4 is 16.6 Å². The van der Waals surface area contributed by atoms with Gasteiger partial charge in [-0.05, 0) is 12.5 Å². The summed E-state index contributed by atoms with van der Waals surface area (Å²) in [5, 5.41) is 5.52. The SMILES string of the molecule is CNC(=O)P(=O)(O)OC[C@H]1OC(n2cc(C)c(=O)[nH]c2=O)C[C@H]1N=[N+]=[N-]. The molecule has 2 rings (SSSR count). The van der Waals surface area contributed by atoms with Gasteiger partial charge in [0, 0.05) is 30.1 Å². The third kappa shape index (κ3) is 4.21. The van der Waals surface area contributed by atoms with Crippen molar-refractivity contribution in [3.63, 3.8) is 0 Å². The van der Waals surface area contributed by atoms with E-state index in [2.05, 4.69) is 15.0 Å². The lowest BCUT2D eigenvalue weighted by Gasteiger charge is -2.18. The minimum atomic E-state index is -4.58. The van der Waals surface area contributed by atoms with Crippen LogP contribution in [0, 0.1) is 6.92 Å². The molecule has 1 saturated heterocycles. The number of nitrogens with one attached hydrogen (secondary N) is 2. The van der Waals surface area contributed by atoms with Crippen LogP contribution in [0.3, 0.4) is 0 Å². The predicted molar refractivity (Wildman–Crippen MR) is 87.8 cm³/mol. The Labute approximate surface area is 146 Å². The fourth-order valence-electron chi connectivity index (χ4n) is 2.40. The average molecular weight is 388 g/mol. The number of ether oxygens (including phenoxy) is 1. The van der Waals surface area contributed by atoms with Crippen LogP contribution in [0.25, 0.3) is 10.4 Å². The second-order valence-electron chi connectivity index (χ2n) is 5.49. The van der Waals surface area contributed by atoms with E-state index in [-0.39, 0.29) is 12.0 Å². The van der Waals surface area contributed by atoms with Gasteiger partial charge in [-0.3, -0.25) is 23.7 Å². The Hall–Kier alpha value is -2.43. The molecule has 0 aliphatic carbocycles. The Morgan fingerprint density at radius 1 is 1.65 bits per heavy atom. The van der Waals surface area contributed by atoms with Crippen molar-refractivity contribution in [2.45, 2.75) is 31.7 Å². The van der Waals surface area contributed by atoms with E-state index in [1.54, 1.807) is 0 Å². The summed E-state index contributed by atoms with van der Waals surface area (Å²) in [6.45, 7) is 0.985. The van der Waals surface area contributed by atoms with Crippen LogP contribution in [-0.4, -0.2) is 45.9 Å². The molecule has 4 atom stereocenters. The summed E-state index contributed by atoms with van der Waals surface area (Å²) in [7, 11) is -3.41. The molecule has 26 heavy (non-hydrogen) atoms. The van der Waals surface area contributed by atoms with Crippen LogP contribution in [0.5, 0.6) is 0 Å². The summed E-state index contributed by atoms with van der Waals surface area (Å²) >= 11 is 0. The molecule has 14 heteroatoms. The van der Waals surface area contributed by atoms with Gasteiger partial charge in [0.05, 0.1) is 18.8 Å². The zero-order chi connectivity index (χ0) is 19.5. The van der Waals surface area contributed by atoms with Crippen molar-refractivity contribution in [2.75, 3.05) is 13.7 Å². The number of nitrogens with zero attached hydrogens (tertiary/aromatic N) is 4. The maximum atomic E-state index is 12.0. The standard InChI is InChI=1S/C12H17N6O7P/c1-6-4-18(11(20)15-10(6)19)9-3-7(16-17-13)8(25-9)5-24-26(22,23)12(21)14-2/h4,7-9H,3,5H2,1-2H3,(H,14,21)(H,22,23)(H,15,19,20)/t7-,8-,9?/m1/s1. The van der Waals surface area contributed by atoms with Crippen molar-refractivity contribution < 1.29 is 23.5 Å². The number of aromatic nitrogens is 2. The number of rotatable bonds is 6. The van der Waals surface area contributed by atoms with Gasteiger partial charge in [0.2, 0.25) is 0 Å². The molecule has 0 bridgehead atoms. The molecule has 142 valence electrons. The zero-order valence-electron chi connectivity index (χ0n) is 13.9. The van der Waals surface area contributed by atoms with Crippen LogP contribution in [0.15, 0.2) is 20.9 Å². The summed E-state index contributed by atoms with van der Waals surface area (Å²) < 4.78 is 23.2. The van der Waals surface area contributed by atoms with E-state index in [1.165, 1.54) is 20.2 Å². The summed E-state index contributed by atoms with van der Waals surface area (Å²) in [5.74, 6) is 0. The molecule has 1 aliphatic rings. The molecule has 0 spiro atoms. The Morgan fingerprint density at radius 2 is 2.35 bits per heavy atom. The number of azide groups is 1. The average Bonchev–Trinajstić information content (AvgIpc) is 2.98. The van der Waals surface area contributed by atoms with Crippen LogP contribution in [-0.2, 0) is 13.8 Å². The van der Waals surface area contributed by atoms with Crippen LogP contribution >= 0.6 is 7.60 Å². The topological polar surface area (TPSA) is 188 Å². The van der Waals surface area contributed by atoms with Gasteiger partial charge in [-0.1, -0.05) is 5.11 Å². The van der Waals surface area contributed by atoms with Gasteiger partial charge >= 0.3 is 18.9 Å². The highest BCUT2D eigenvalue weighted by Crippen LogP contribution is 2.43. The van der Waals surface area contributed by atoms with E-state index in [0.717, 1.165) is 4.57 Å². The van der Waals surface area contributed by atoms with Gasteiger partial charge in [-0.25, -0.2) is 9.36 Å². The van der Waals surface area contributed by atoms with E-state index in [0.29, 0.717) is 0 Å². The van der Waals surface area contributed by atoms with E-state index < -0.39 is 49.5 Å². The highest BCUT2D eigenvalue weighted by Gasteiger charge is 2.39. The van der Waals surface area contributed by atoms with E-state index in [9.17, 15) is 23.8 Å². The van der Waals surface area contributed by atoms with Crippen molar-refractivity contribution >= 4 is 13.2 Å². The van der Waals surface area contributed by atoms with Crippen LogP contribution in [0.2, 0.25) is 0 Å². The number of hydrogen-bond donors (Lipinski definition) is 3. The number of H-pyrrole nitrogens is 1. The summed E-state index contributed by atoms with van der Waals surface area (Å²) in [6.07, 6.45) is -0.497. The summed E-state index contributed by atoms with van der Waals surface area (Å²) in [4.78, 5) is 49.0. The molecule has 2 heterocycles. The molecule has 1 fully saturated rings. The van der Waals surface area contributed by atoms with Gasteiger partial charge in [-0.2, -0.15) is 0 Å². The number of aromatic amines is 1. The maximum absolute atomic E-state index is 12.0. The smallest absolute Gasteiger partial charge is 0.352 e. The molecule has 1 aromatic rings. The van der Waals surface area contributed by atoms with E-state index in [4.69, 9.17) is 14.8 Å². The van der Waals surface area contributed by atoms with Crippen molar-refractivity contribution in [2.24, 2.45) is 5.11 Å². The second kappa shape index (κ2) is 7.85. The maximum Gasteiger partial charge on any atom is 0.415 e. The Kier molecular flexibility index (Phi) is 6.01. The monoisotopic (exact) mass is 388 g/mol. The third-order valence-electron chi connectivity index (χ3n) is 3.74. The predicted octanol–water partition coefficient (Wildman–Crippen LogP) is 0.353. The number of amides is 1. The van der Waals surface area contributed by atoms with Gasteiger partial charge in [0.15, 0.2) is 0 Å². The van der Waals surface area contributed by atoms with E-state index in [1.807, 2.05) is 5.32 Å². The van der Waals surface area contributed by atoms with Crippen LogP contribution in [0.1, 0.15) is 18.2 Å². The first-order valence-corrected chi connectivity index (χ1v) is 8.98. The van der Waals surface area contributed by atoms with Gasteiger partial charge in [0.25, 0.3) is 5.56 Å². The zero-order valence-corrected chi connectivity index (χ0v) is 14.8. The highest BCUT2D eigenvalue weighted by atomic mass is 31.2. The Morgan fingerprint density at radius 3 is 2.96 bits per heavy atom. The lowest BCUT2D eigenvalue weighted by molar-refractivity contribution is -0.0235. The van der Waals surface area contributed by atoms with Gasteiger partial charge in [0.1, 0.15) is 6.23 Å². The minimum Gasteiger partial charge on any atom is -0.352 e. The van der Waals surface area contributed by atoms with Crippen LogP contribution in [0.4, 0.5) is 4.79 Å². The quantitative estimate of drug-likeness (QED) is 0.271. The first-order chi connectivity index (χ1) is 12.2. The normalized spacial score (nSPS) is 24.5. The van der Waals surface area contributed by atoms with Crippen molar-refractivity contribution in [3.05, 3.63) is 43.0 Å². The molecule has 1 aliphatic heterocycles. The summed E-state index contributed by atoms with van der Waals surface area (Å²) in [5.41, 5.74) is 6.49.